The largest absolute Gasteiger partial charge is 0.478 e. The van der Waals surface area contributed by atoms with Crippen molar-refractivity contribution >= 4 is 45.7 Å². The van der Waals surface area contributed by atoms with Crippen molar-refractivity contribution in [3.05, 3.63) is 52.2 Å². The quantitative estimate of drug-likeness (QED) is 0.440. The fourth-order valence-corrected chi connectivity index (χ4v) is 2.62. The lowest BCUT2D eigenvalue weighted by Crippen LogP contribution is -2.37. The molecule has 0 saturated carbocycles. The molecule has 110 valence electrons. The summed E-state index contributed by atoms with van der Waals surface area (Å²) in [4.78, 5) is 24.0. The number of carbonyl (C=O) groups excluding carboxylic acids is 1. The second kappa shape index (κ2) is 6.57. The first-order chi connectivity index (χ1) is 9.96. The molecule has 1 unspecified atom stereocenters. The molecule has 0 aliphatic rings. The smallest absolute Gasteiger partial charge is 0.358 e. The molecule has 2 rings (SSSR count). The van der Waals surface area contributed by atoms with Gasteiger partial charge in [0.2, 0.25) is 5.78 Å². The van der Waals surface area contributed by atoms with Crippen LogP contribution in [0.3, 0.4) is 0 Å². The molecule has 1 heterocycles. The first-order valence-electron chi connectivity index (χ1n) is 6.26. The standard InChI is InChI=1S/C15H13IO4S/c1-2-15(16,14(18)19)20-11-7-5-10(6-8-11)13(17)12-4-3-9-21-12/h3-9H,2H2,1H3,(H,18,19). The third kappa shape index (κ3) is 3.62. The van der Waals surface area contributed by atoms with Crippen LogP contribution in [-0.2, 0) is 4.79 Å². The van der Waals surface area contributed by atoms with E-state index in [2.05, 4.69) is 0 Å². The summed E-state index contributed by atoms with van der Waals surface area (Å²) in [5.41, 5.74) is 0.552. The zero-order valence-electron chi connectivity index (χ0n) is 11.2. The summed E-state index contributed by atoms with van der Waals surface area (Å²) in [5.74, 6) is -0.647. The lowest BCUT2D eigenvalue weighted by molar-refractivity contribution is -0.146. The van der Waals surface area contributed by atoms with E-state index < -0.39 is 9.58 Å². The third-order valence-electron chi connectivity index (χ3n) is 2.92. The van der Waals surface area contributed by atoms with Crippen molar-refractivity contribution in [2.75, 3.05) is 0 Å². The van der Waals surface area contributed by atoms with Gasteiger partial charge in [-0.25, -0.2) is 4.79 Å². The number of ketones is 1. The lowest BCUT2D eigenvalue weighted by atomic mass is 10.1. The summed E-state index contributed by atoms with van der Waals surface area (Å²) >= 11 is 3.16. The first kappa shape index (κ1) is 16.0. The number of rotatable bonds is 6. The summed E-state index contributed by atoms with van der Waals surface area (Å²) < 4.78 is 4.22. The van der Waals surface area contributed by atoms with E-state index in [-0.39, 0.29) is 5.78 Å². The molecule has 2 aromatic rings. The monoisotopic (exact) mass is 416 g/mol. The minimum absolute atomic E-state index is 0.0500. The van der Waals surface area contributed by atoms with Gasteiger partial charge in [-0.3, -0.25) is 4.79 Å². The minimum atomic E-state index is -1.29. The molecule has 0 saturated heterocycles. The number of hydrogen-bond acceptors (Lipinski definition) is 4. The van der Waals surface area contributed by atoms with Gasteiger partial charge in [0.15, 0.2) is 0 Å². The van der Waals surface area contributed by atoms with E-state index in [4.69, 9.17) is 4.74 Å². The highest BCUT2D eigenvalue weighted by atomic mass is 127. The number of benzene rings is 1. The Morgan fingerprint density at radius 1 is 1.29 bits per heavy atom. The van der Waals surface area contributed by atoms with Gasteiger partial charge in [0.25, 0.3) is 3.61 Å². The molecule has 1 N–H and O–H groups in total. The number of thiophene rings is 1. The predicted octanol–water partition coefficient (Wildman–Crippen LogP) is 3.98. The topological polar surface area (TPSA) is 63.6 Å². The summed E-state index contributed by atoms with van der Waals surface area (Å²) in [6.45, 7) is 1.75. The average Bonchev–Trinajstić information content (AvgIpc) is 3.01. The molecule has 0 radical (unpaired) electrons. The van der Waals surface area contributed by atoms with Gasteiger partial charge in [-0.05, 0) is 58.3 Å². The highest BCUT2D eigenvalue weighted by Crippen LogP contribution is 2.28. The average molecular weight is 416 g/mol. The van der Waals surface area contributed by atoms with Crippen molar-refractivity contribution in [3.8, 4) is 5.75 Å². The molecule has 4 nitrogen and oxygen atoms in total. The number of ether oxygens (including phenoxy) is 1. The van der Waals surface area contributed by atoms with Crippen molar-refractivity contribution in [1.29, 1.82) is 0 Å². The predicted molar refractivity (Wildman–Crippen MR) is 89.5 cm³/mol. The van der Waals surface area contributed by atoms with Crippen LogP contribution in [0.2, 0.25) is 0 Å². The van der Waals surface area contributed by atoms with E-state index in [0.29, 0.717) is 22.6 Å². The zero-order chi connectivity index (χ0) is 15.5. The molecule has 21 heavy (non-hydrogen) atoms. The van der Waals surface area contributed by atoms with E-state index in [9.17, 15) is 14.7 Å². The van der Waals surface area contributed by atoms with E-state index in [0.717, 1.165) is 0 Å². The molecule has 1 aromatic carbocycles. The molecule has 0 bridgehead atoms. The SMILES string of the molecule is CCC(I)(Oc1ccc(C(=O)c2cccs2)cc1)C(=O)O. The third-order valence-corrected chi connectivity index (χ3v) is 5.23. The summed E-state index contributed by atoms with van der Waals surface area (Å²) in [6, 6.07) is 10.1. The van der Waals surface area contributed by atoms with E-state index in [1.807, 2.05) is 11.4 Å². The lowest BCUT2D eigenvalue weighted by Gasteiger charge is -2.22. The Morgan fingerprint density at radius 2 is 1.95 bits per heavy atom. The Hall–Kier alpha value is -1.41. The van der Waals surface area contributed by atoms with Gasteiger partial charge >= 0.3 is 5.97 Å². The number of carboxylic acid groups (broad SMARTS) is 1. The molecule has 6 heteroatoms. The van der Waals surface area contributed by atoms with Gasteiger partial charge in [-0.1, -0.05) is 13.0 Å². The van der Waals surface area contributed by atoms with Gasteiger partial charge in [-0.15, -0.1) is 11.3 Å². The second-order valence-electron chi connectivity index (χ2n) is 4.32. The Bertz CT molecular complexity index is 636. The van der Waals surface area contributed by atoms with E-state index in [1.54, 1.807) is 59.8 Å². The number of aliphatic carboxylic acids is 1. The van der Waals surface area contributed by atoms with Crippen LogP contribution in [0.4, 0.5) is 0 Å². The van der Waals surface area contributed by atoms with Crippen LogP contribution >= 0.6 is 33.9 Å². The van der Waals surface area contributed by atoms with Crippen molar-refractivity contribution < 1.29 is 19.4 Å². The highest BCUT2D eigenvalue weighted by molar-refractivity contribution is 14.1. The van der Waals surface area contributed by atoms with E-state index >= 15 is 0 Å². The Balaban J connectivity index is 2.16. The normalized spacial score (nSPS) is 13.4. The Labute approximate surface area is 139 Å². The van der Waals surface area contributed by atoms with E-state index in [1.165, 1.54) is 11.3 Å². The molecule has 1 atom stereocenters. The molecule has 1 aromatic heterocycles. The summed E-state index contributed by atoms with van der Waals surface area (Å²) in [7, 11) is 0. The maximum absolute atomic E-state index is 12.1. The maximum Gasteiger partial charge on any atom is 0.358 e. The van der Waals surface area contributed by atoms with Gasteiger partial charge in [0.1, 0.15) is 5.75 Å². The van der Waals surface area contributed by atoms with Crippen LogP contribution < -0.4 is 4.74 Å². The highest BCUT2D eigenvalue weighted by Gasteiger charge is 2.35. The minimum Gasteiger partial charge on any atom is -0.478 e. The summed E-state index contributed by atoms with van der Waals surface area (Å²) in [6.07, 6.45) is 0.332. The van der Waals surface area contributed by atoms with Crippen LogP contribution in [0.1, 0.15) is 28.6 Å². The van der Waals surface area contributed by atoms with Gasteiger partial charge in [0, 0.05) is 12.0 Å². The number of hydrogen-bond donors (Lipinski definition) is 1. The number of alkyl halides is 1. The molecular formula is C15H13IO4S. The van der Waals surface area contributed by atoms with Crippen LogP contribution in [0.5, 0.6) is 5.75 Å². The number of carbonyl (C=O) groups is 2. The van der Waals surface area contributed by atoms with Crippen molar-refractivity contribution in [3.63, 3.8) is 0 Å². The Kier molecular flexibility index (Phi) is 5.00. The molecule has 0 amide bonds. The molecule has 0 aliphatic heterocycles. The molecular weight excluding hydrogens is 403 g/mol. The van der Waals surface area contributed by atoms with Crippen LogP contribution in [0.25, 0.3) is 0 Å². The van der Waals surface area contributed by atoms with Crippen molar-refractivity contribution in [2.45, 2.75) is 17.0 Å². The van der Waals surface area contributed by atoms with Crippen LogP contribution in [0.15, 0.2) is 41.8 Å². The number of carboxylic acids is 1. The summed E-state index contributed by atoms with van der Waals surface area (Å²) in [5, 5.41) is 11.0. The number of halogens is 1. The fourth-order valence-electron chi connectivity index (χ4n) is 1.68. The van der Waals surface area contributed by atoms with Gasteiger partial charge < -0.3 is 9.84 Å². The fraction of sp³-hybridized carbons (Fsp3) is 0.200. The van der Waals surface area contributed by atoms with Crippen molar-refractivity contribution in [1.82, 2.24) is 0 Å². The van der Waals surface area contributed by atoms with Crippen LogP contribution in [0, 0.1) is 0 Å². The maximum atomic E-state index is 12.1. The Morgan fingerprint density at radius 3 is 2.43 bits per heavy atom. The second-order valence-corrected chi connectivity index (χ2v) is 7.01. The molecule has 0 aliphatic carbocycles. The molecule has 0 spiro atoms. The van der Waals surface area contributed by atoms with Crippen LogP contribution in [-0.4, -0.2) is 20.5 Å². The zero-order valence-corrected chi connectivity index (χ0v) is 14.2. The van der Waals surface area contributed by atoms with Gasteiger partial charge in [0.05, 0.1) is 4.88 Å². The molecule has 0 fully saturated rings. The first-order valence-corrected chi connectivity index (χ1v) is 8.21. The van der Waals surface area contributed by atoms with Crippen molar-refractivity contribution in [2.24, 2.45) is 0 Å². The van der Waals surface area contributed by atoms with Gasteiger partial charge in [-0.2, -0.15) is 0 Å².